The molecule has 1 aliphatic heterocycles. The molecule has 0 fully saturated rings. The number of benzene rings is 1. The number of likely N-dealkylation sites (N-methyl/N-ethyl adjacent to an activating group) is 1. The molecule has 1 aliphatic rings. The van der Waals surface area contributed by atoms with Crippen LogP contribution in [0.15, 0.2) is 28.5 Å². The molecule has 0 aromatic heterocycles. The first-order chi connectivity index (χ1) is 8.10. The van der Waals surface area contributed by atoms with Gasteiger partial charge in [0.2, 0.25) is 9.84 Å². The molecule has 3 N–H and O–H groups in total. The van der Waals surface area contributed by atoms with E-state index < -0.39 is 9.84 Å². The van der Waals surface area contributed by atoms with E-state index in [4.69, 9.17) is 5.73 Å². The smallest absolute Gasteiger partial charge is 0.201 e. The van der Waals surface area contributed by atoms with E-state index in [1.54, 1.807) is 6.07 Å². The SMILES string of the molecule is CCNCC1=CS(=O)(=O)c2c(CN)cccc21. The Morgan fingerprint density at radius 2 is 2.12 bits per heavy atom. The van der Waals surface area contributed by atoms with Crippen LogP contribution in [0.2, 0.25) is 0 Å². The molecule has 0 radical (unpaired) electrons. The van der Waals surface area contributed by atoms with Crippen LogP contribution in [0.5, 0.6) is 0 Å². The van der Waals surface area contributed by atoms with Crippen LogP contribution < -0.4 is 11.1 Å². The third-order valence-corrected chi connectivity index (χ3v) is 4.46. The Balaban J connectivity index is 2.53. The summed E-state index contributed by atoms with van der Waals surface area (Å²) < 4.78 is 24.1. The van der Waals surface area contributed by atoms with Gasteiger partial charge >= 0.3 is 0 Å². The molecule has 0 unspecified atom stereocenters. The Morgan fingerprint density at radius 1 is 1.35 bits per heavy atom. The second-order valence-corrected chi connectivity index (χ2v) is 5.70. The van der Waals surface area contributed by atoms with Crippen LogP contribution in [-0.4, -0.2) is 21.5 Å². The number of hydrogen-bond acceptors (Lipinski definition) is 4. The lowest BCUT2D eigenvalue weighted by atomic mass is 10.0. The Bertz CT molecular complexity index is 562. The molecule has 0 atom stereocenters. The summed E-state index contributed by atoms with van der Waals surface area (Å²) in [6.07, 6.45) is 0. The highest BCUT2D eigenvalue weighted by atomic mass is 32.2. The van der Waals surface area contributed by atoms with Crippen molar-refractivity contribution in [2.45, 2.75) is 18.4 Å². The van der Waals surface area contributed by atoms with Gasteiger partial charge in [0.15, 0.2) is 0 Å². The first-order valence-corrected chi connectivity index (χ1v) is 7.13. The van der Waals surface area contributed by atoms with Gasteiger partial charge in [0.25, 0.3) is 0 Å². The molecule has 2 rings (SSSR count). The summed E-state index contributed by atoms with van der Waals surface area (Å²) in [5, 5.41) is 4.49. The van der Waals surface area contributed by atoms with Crippen molar-refractivity contribution in [2.24, 2.45) is 5.73 Å². The van der Waals surface area contributed by atoms with Crippen LogP contribution in [-0.2, 0) is 16.4 Å². The third-order valence-electron chi connectivity index (χ3n) is 2.81. The third kappa shape index (κ3) is 2.13. The van der Waals surface area contributed by atoms with Gasteiger partial charge in [-0.3, -0.25) is 0 Å². The van der Waals surface area contributed by atoms with Gasteiger partial charge in [0, 0.05) is 18.5 Å². The summed E-state index contributed by atoms with van der Waals surface area (Å²) in [4.78, 5) is 0.385. The van der Waals surface area contributed by atoms with Gasteiger partial charge in [-0.2, -0.15) is 0 Å². The fraction of sp³-hybridized carbons (Fsp3) is 0.333. The molecule has 0 bridgehead atoms. The molecule has 1 aromatic carbocycles. The van der Waals surface area contributed by atoms with E-state index in [0.717, 1.165) is 17.7 Å². The van der Waals surface area contributed by atoms with Crippen LogP contribution in [0.25, 0.3) is 5.57 Å². The average molecular weight is 252 g/mol. The van der Waals surface area contributed by atoms with E-state index in [1.165, 1.54) is 5.41 Å². The summed E-state index contributed by atoms with van der Waals surface area (Å²) >= 11 is 0. The minimum absolute atomic E-state index is 0.241. The Morgan fingerprint density at radius 3 is 2.76 bits per heavy atom. The topological polar surface area (TPSA) is 72.2 Å². The molecule has 17 heavy (non-hydrogen) atoms. The quantitative estimate of drug-likeness (QED) is 0.834. The Hall–Kier alpha value is -1.17. The van der Waals surface area contributed by atoms with E-state index in [0.29, 0.717) is 17.0 Å². The maximum atomic E-state index is 12.0. The van der Waals surface area contributed by atoms with Crippen LogP contribution in [0.3, 0.4) is 0 Å². The Kier molecular flexibility index (Phi) is 3.33. The lowest BCUT2D eigenvalue weighted by molar-refractivity contribution is 0.604. The second-order valence-electron chi connectivity index (χ2n) is 3.97. The van der Waals surface area contributed by atoms with Crippen molar-refractivity contribution in [3.05, 3.63) is 34.7 Å². The predicted octanol–water partition coefficient (Wildman–Crippen LogP) is 0.883. The highest BCUT2D eigenvalue weighted by Crippen LogP contribution is 2.35. The zero-order valence-electron chi connectivity index (χ0n) is 9.73. The van der Waals surface area contributed by atoms with E-state index in [-0.39, 0.29) is 6.54 Å². The zero-order valence-corrected chi connectivity index (χ0v) is 10.5. The fourth-order valence-electron chi connectivity index (χ4n) is 2.04. The van der Waals surface area contributed by atoms with Crippen molar-refractivity contribution in [2.75, 3.05) is 13.1 Å². The number of hydrogen-bond donors (Lipinski definition) is 2. The number of nitrogens with two attached hydrogens (primary N) is 1. The standard InChI is InChI=1S/C12H16N2O2S/c1-2-14-7-10-8-17(15,16)12-9(6-13)4-3-5-11(10)12/h3-5,8,14H,2,6-7,13H2,1H3. The van der Waals surface area contributed by atoms with Crippen LogP contribution >= 0.6 is 0 Å². The lowest BCUT2D eigenvalue weighted by Gasteiger charge is -2.08. The molecule has 0 saturated carbocycles. The average Bonchev–Trinajstić information content (AvgIpc) is 2.58. The summed E-state index contributed by atoms with van der Waals surface area (Å²) in [5.74, 6) is 0. The van der Waals surface area contributed by atoms with E-state index in [1.807, 2.05) is 19.1 Å². The largest absolute Gasteiger partial charge is 0.326 e. The molecule has 92 valence electrons. The first kappa shape index (κ1) is 12.3. The summed E-state index contributed by atoms with van der Waals surface area (Å²) in [5.41, 5.74) is 7.87. The number of rotatable bonds is 4. The van der Waals surface area contributed by atoms with Gasteiger partial charge in [-0.25, -0.2) is 8.42 Å². The van der Waals surface area contributed by atoms with E-state index in [2.05, 4.69) is 5.32 Å². The van der Waals surface area contributed by atoms with Gasteiger partial charge in [-0.05, 0) is 23.2 Å². The summed E-state index contributed by atoms with van der Waals surface area (Å²) in [6, 6.07) is 5.45. The second kappa shape index (κ2) is 4.60. The van der Waals surface area contributed by atoms with Gasteiger partial charge in [-0.15, -0.1) is 0 Å². The normalized spacial score (nSPS) is 16.7. The van der Waals surface area contributed by atoms with Gasteiger partial charge < -0.3 is 11.1 Å². The molecule has 0 spiro atoms. The van der Waals surface area contributed by atoms with Crippen LogP contribution in [0, 0.1) is 0 Å². The maximum absolute atomic E-state index is 12.0. The van der Waals surface area contributed by atoms with Crippen molar-refractivity contribution in [3.63, 3.8) is 0 Å². The molecule has 0 saturated heterocycles. The van der Waals surface area contributed by atoms with Crippen LogP contribution in [0.4, 0.5) is 0 Å². The van der Waals surface area contributed by atoms with Crippen molar-refractivity contribution >= 4 is 15.4 Å². The van der Waals surface area contributed by atoms with E-state index >= 15 is 0 Å². The van der Waals surface area contributed by atoms with Gasteiger partial charge in [0.05, 0.1) is 4.90 Å². The first-order valence-electron chi connectivity index (χ1n) is 5.59. The minimum atomic E-state index is -3.31. The number of sulfone groups is 1. The molecule has 0 aliphatic carbocycles. The number of fused-ring (bicyclic) bond motifs is 1. The molecule has 5 heteroatoms. The maximum Gasteiger partial charge on any atom is 0.201 e. The zero-order chi connectivity index (χ0) is 12.5. The van der Waals surface area contributed by atoms with Crippen LogP contribution in [0.1, 0.15) is 18.1 Å². The molecule has 1 heterocycles. The monoisotopic (exact) mass is 252 g/mol. The molecule has 0 amide bonds. The summed E-state index contributed by atoms with van der Waals surface area (Å²) in [6.45, 7) is 3.60. The van der Waals surface area contributed by atoms with Gasteiger partial charge in [0.1, 0.15) is 0 Å². The molecular formula is C12H16N2O2S. The fourth-order valence-corrected chi connectivity index (χ4v) is 3.77. The summed E-state index contributed by atoms with van der Waals surface area (Å²) in [7, 11) is -3.31. The van der Waals surface area contributed by atoms with Gasteiger partial charge in [-0.1, -0.05) is 25.1 Å². The van der Waals surface area contributed by atoms with Crippen molar-refractivity contribution in [1.29, 1.82) is 0 Å². The molecular weight excluding hydrogens is 236 g/mol. The van der Waals surface area contributed by atoms with Crippen molar-refractivity contribution in [3.8, 4) is 0 Å². The van der Waals surface area contributed by atoms with E-state index in [9.17, 15) is 8.42 Å². The molecule has 1 aromatic rings. The van der Waals surface area contributed by atoms with Crippen molar-refractivity contribution in [1.82, 2.24) is 5.32 Å². The lowest BCUT2D eigenvalue weighted by Crippen LogP contribution is -2.15. The highest BCUT2D eigenvalue weighted by molar-refractivity contribution is 7.95. The van der Waals surface area contributed by atoms with Crippen molar-refractivity contribution < 1.29 is 8.42 Å². The predicted molar refractivity (Wildman–Crippen MR) is 68.0 cm³/mol. The number of nitrogens with one attached hydrogen (secondary N) is 1. The minimum Gasteiger partial charge on any atom is -0.326 e. The molecule has 4 nitrogen and oxygen atoms in total. The highest BCUT2D eigenvalue weighted by Gasteiger charge is 2.28. The Labute approximate surface area is 101 Å².